The van der Waals surface area contributed by atoms with Crippen molar-refractivity contribution in [3.8, 4) is 0 Å². The van der Waals surface area contributed by atoms with E-state index in [0.29, 0.717) is 31.2 Å². The van der Waals surface area contributed by atoms with Crippen LogP contribution in [0.25, 0.3) is 0 Å². The Morgan fingerprint density at radius 3 is 2.85 bits per heavy atom. The fourth-order valence-corrected chi connectivity index (χ4v) is 5.33. The molecule has 1 aromatic rings. The number of methoxy groups -OCH3 is 1. The van der Waals surface area contributed by atoms with Gasteiger partial charge in [0.2, 0.25) is 5.91 Å². The highest BCUT2D eigenvalue weighted by Crippen LogP contribution is 2.48. The number of rotatable bonds is 12. The van der Waals surface area contributed by atoms with Crippen molar-refractivity contribution in [3.63, 3.8) is 0 Å². The van der Waals surface area contributed by atoms with Crippen LogP contribution in [0.1, 0.15) is 56.1 Å². The van der Waals surface area contributed by atoms with E-state index < -0.39 is 6.10 Å². The first-order valence-electron chi connectivity index (χ1n) is 12.5. The minimum absolute atomic E-state index is 0.0290. The molecule has 0 spiro atoms. The largest absolute Gasteiger partial charge is 0.469 e. The first-order chi connectivity index (χ1) is 16.4. The number of carbonyl (C=O) groups is 2. The lowest BCUT2D eigenvalue weighted by Gasteiger charge is -2.19. The number of unbranched alkanes of at least 4 members (excludes halogenated alkanes) is 1. The molecule has 1 amide bonds. The molecule has 3 N–H and O–H groups in total. The Balaban J connectivity index is 1.38. The molecule has 1 aromatic carbocycles. The predicted octanol–water partition coefficient (Wildman–Crippen LogP) is 3.64. The van der Waals surface area contributed by atoms with Crippen LogP contribution in [0.3, 0.4) is 0 Å². The number of benzene rings is 1. The van der Waals surface area contributed by atoms with Crippen LogP contribution in [0, 0.1) is 24.7 Å². The SMILES string of the molecule is COC(=O)CCNC(=O)CCCCC1=C[C@H]2C[C@@H](O)[C@H](/C=C/[C@H](O)Cc3cccc(C)c3)[C@H]2C1. The van der Waals surface area contributed by atoms with Gasteiger partial charge < -0.3 is 20.3 Å². The second-order valence-electron chi connectivity index (χ2n) is 9.77. The van der Waals surface area contributed by atoms with Gasteiger partial charge in [0.25, 0.3) is 0 Å². The molecule has 2 aliphatic carbocycles. The lowest BCUT2D eigenvalue weighted by Crippen LogP contribution is -2.25. The summed E-state index contributed by atoms with van der Waals surface area (Å²) in [4.78, 5) is 22.9. The summed E-state index contributed by atoms with van der Waals surface area (Å²) in [7, 11) is 1.34. The van der Waals surface area contributed by atoms with E-state index in [0.717, 1.165) is 37.7 Å². The van der Waals surface area contributed by atoms with E-state index >= 15 is 0 Å². The molecular weight excluding hydrogens is 430 g/mol. The molecule has 0 saturated heterocycles. The van der Waals surface area contributed by atoms with Gasteiger partial charge in [-0.05, 0) is 56.4 Å². The van der Waals surface area contributed by atoms with E-state index in [9.17, 15) is 19.8 Å². The second-order valence-corrected chi connectivity index (χ2v) is 9.77. The third-order valence-electron chi connectivity index (χ3n) is 7.06. The van der Waals surface area contributed by atoms with E-state index in [1.165, 1.54) is 18.2 Å². The zero-order chi connectivity index (χ0) is 24.5. The summed E-state index contributed by atoms with van der Waals surface area (Å²) in [5, 5.41) is 23.8. The Morgan fingerprint density at radius 2 is 2.09 bits per heavy atom. The number of aliphatic hydroxyl groups excluding tert-OH is 2. The monoisotopic (exact) mass is 469 g/mol. The highest BCUT2D eigenvalue weighted by molar-refractivity contribution is 5.76. The summed E-state index contributed by atoms with van der Waals surface area (Å²) in [6.07, 6.45) is 11.1. The van der Waals surface area contributed by atoms with Gasteiger partial charge >= 0.3 is 5.97 Å². The summed E-state index contributed by atoms with van der Waals surface area (Å²) in [5.74, 6) is 0.521. The Morgan fingerprint density at radius 1 is 1.26 bits per heavy atom. The smallest absolute Gasteiger partial charge is 0.307 e. The zero-order valence-electron chi connectivity index (χ0n) is 20.4. The minimum Gasteiger partial charge on any atom is -0.469 e. The fraction of sp³-hybridized carbons (Fsp3) is 0.571. The molecule has 6 heteroatoms. The predicted molar refractivity (Wildman–Crippen MR) is 132 cm³/mol. The van der Waals surface area contributed by atoms with E-state index in [2.05, 4.69) is 22.2 Å². The third-order valence-corrected chi connectivity index (χ3v) is 7.06. The van der Waals surface area contributed by atoms with Gasteiger partial charge in [-0.25, -0.2) is 0 Å². The molecule has 2 aliphatic rings. The number of hydrogen-bond donors (Lipinski definition) is 3. The molecule has 0 aliphatic heterocycles. The van der Waals surface area contributed by atoms with Crippen molar-refractivity contribution in [2.24, 2.45) is 17.8 Å². The van der Waals surface area contributed by atoms with Crippen molar-refractivity contribution >= 4 is 11.9 Å². The fourth-order valence-electron chi connectivity index (χ4n) is 5.33. The van der Waals surface area contributed by atoms with Crippen LogP contribution in [-0.4, -0.2) is 48.0 Å². The van der Waals surface area contributed by atoms with Gasteiger partial charge in [-0.15, -0.1) is 0 Å². The number of aryl methyl sites for hydroxylation is 1. The standard InChI is InChI=1S/C28H39NO5/c1-19-6-5-8-20(14-19)16-23(30)10-11-24-25-17-21(15-22(25)18-26(24)31)7-3-4-9-27(32)29-13-12-28(33)34-2/h5-6,8,10-11,14-15,22-26,30-31H,3-4,7,9,12-13,16-18H2,1-2H3,(H,29,32)/b11-10+/t22-,23-,24+,25-,26+/m0/s1. The average Bonchev–Trinajstić information content (AvgIpc) is 3.31. The van der Waals surface area contributed by atoms with E-state index in [1.54, 1.807) is 0 Å². The summed E-state index contributed by atoms with van der Waals surface area (Å²) >= 11 is 0. The molecule has 186 valence electrons. The molecule has 0 bridgehead atoms. The highest BCUT2D eigenvalue weighted by Gasteiger charge is 2.43. The van der Waals surface area contributed by atoms with Gasteiger partial charge in [0.05, 0.1) is 25.7 Å². The van der Waals surface area contributed by atoms with Gasteiger partial charge in [0, 0.05) is 25.3 Å². The van der Waals surface area contributed by atoms with Crippen molar-refractivity contribution in [3.05, 3.63) is 59.2 Å². The van der Waals surface area contributed by atoms with Crippen LogP contribution < -0.4 is 5.32 Å². The van der Waals surface area contributed by atoms with Crippen LogP contribution >= 0.6 is 0 Å². The Kier molecular flexibility index (Phi) is 9.90. The maximum absolute atomic E-state index is 11.9. The van der Waals surface area contributed by atoms with Crippen molar-refractivity contribution in [2.75, 3.05) is 13.7 Å². The quantitative estimate of drug-likeness (QED) is 0.247. The van der Waals surface area contributed by atoms with Crippen LogP contribution in [0.5, 0.6) is 0 Å². The summed E-state index contributed by atoms with van der Waals surface area (Å²) in [5.41, 5.74) is 3.72. The zero-order valence-corrected chi connectivity index (χ0v) is 20.4. The van der Waals surface area contributed by atoms with Crippen molar-refractivity contribution in [1.29, 1.82) is 0 Å². The number of ether oxygens (including phenoxy) is 1. The topological polar surface area (TPSA) is 95.9 Å². The first-order valence-corrected chi connectivity index (χ1v) is 12.5. The molecule has 34 heavy (non-hydrogen) atoms. The first kappa shape index (κ1) is 26.2. The van der Waals surface area contributed by atoms with E-state index in [-0.39, 0.29) is 30.3 Å². The van der Waals surface area contributed by atoms with Crippen LogP contribution in [0.15, 0.2) is 48.1 Å². The number of fused-ring (bicyclic) bond motifs is 1. The Hall–Kier alpha value is -2.44. The molecule has 0 unspecified atom stereocenters. The average molecular weight is 470 g/mol. The normalized spacial score (nSPS) is 24.6. The lowest BCUT2D eigenvalue weighted by atomic mass is 9.88. The van der Waals surface area contributed by atoms with Crippen LogP contribution in [-0.2, 0) is 20.7 Å². The van der Waals surface area contributed by atoms with Gasteiger partial charge in [-0.3, -0.25) is 9.59 Å². The maximum Gasteiger partial charge on any atom is 0.307 e. The van der Waals surface area contributed by atoms with Crippen LogP contribution in [0.4, 0.5) is 0 Å². The summed E-state index contributed by atoms with van der Waals surface area (Å²) in [6, 6.07) is 8.18. The molecule has 6 nitrogen and oxygen atoms in total. The van der Waals surface area contributed by atoms with Gasteiger partial charge in [0.15, 0.2) is 0 Å². The molecule has 1 saturated carbocycles. The molecule has 0 heterocycles. The number of aliphatic hydroxyl groups is 2. The Bertz CT molecular complexity index is 893. The van der Waals surface area contributed by atoms with Gasteiger partial charge in [-0.2, -0.15) is 0 Å². The number of hydrogen-bond acceptors (Lipinski definition) is 5. The van der Waals surface area contributed by atoms with Crippen molar-refractivity contribution < 1.29 is 24.5 Å². The van der Waals surface area contributed by atoms with Crippen molar-refractivity contribution in [1.82, 2.24) is 5.32 Å². The summed E-state index contributed by atoms with van der Waals surface area (Å²) in [6.45, 7) is 2.37. The third kappa shape index (κ3) is 7.81. The number of amides is 1. The van der Waals surface area contributed by atoms with Gasteiger partial charge in [-0.1, -0.05) is 53.6 Å². The minimum atomic E-state index is -0.555. The number of esters is 1. The lowest BCUT2D eigenvalue weighted by molar-refractivity contribution is -0.140. The molecule has 0 radical (unpaired) electrons. The van der Waals surface area contributed by atoms with Gasteiger partial charge in [0.1, 0.15) is 0 Å². The van der Waals surface area contributed by atoms with Crippen molar-refractivity contribution in [2.45, 2.75) is 70.5 Å². The molecular formula is C28H39NO5. The van der Waals surface area contributed by atoms with E-state index in [1.807, 2.05) is 37.3 Å². The molecule has 3 rings (SSSR count). The highest BCUT2D eigenvalue weighted by atomic mass is 16.5. The molecule has 1 fully saturated rings. The summed E-state index contributed by atoms with van der Waals surface area (Å²) < 4.78 is 4.56. The number of carbonyl (C=O) groups excluding carboxylic acids is 2. The molecule has 5 atom stereocenters. The second kappa shape index (κ2) is 12.9. The van der Waals surface area contributed by atoms with E-state index in [4.69, 9.17) is 0 Å². The number of allylic oxidation sites excluding steroid dienone is 2. The van der Waals surface area contributed by atoms with Crippen LogP contribution in [0.2, 0.25) is 0 Å². The number of nitrogens with one attached hydrogen (secondary N) is 1. The Labute approximate surface area is 203 Å². The maximum atomic E-state index is 11.9. The molecule has 0 aromatic heterocycles.